The number of likely N-dealkylation sites (tertiary alicyclic amines) is 1. The van der Waals surface area contributed by atoms with Gasteiger partial charge in [-0.2, -0.15) is 5.10 Å². The highest BCUT2D eigenvalue weighted by Gasteiger charge is 2.18. The molecular formula is C35H38FN9O. The Hall–Kier alpha value is -4.87. The fourth-order valence-corrected chi connectivity index (χ4v) is 6.04. The van der Waals surface area contributed by atoms with Gasteiger partial charge in [-0.05, 0) is 101 Å². The molecule has 46 heavy (non-hydrogen) atoms. The van der Waals surface area contributed by atoms with Crippen molar-refractivity contribution in [2.24, 2.45) is 0 Å². The van der Waals surface area contributed by atoms with Gasteiger partial charge in [-0.1, -0.05) is 0 Å². The number of nitrogens with one attached hydrogen (secondary N) is 3. The van der Waals surface area contributed by atoms with E-state index in [-0.39, 0.29) is 5.82 Å². The van der Waals surface area contributed by atoms with Crippen molar-refractivity contribution in [1.29, 1.82) is 0 Å². The first-order valence-electron chi connectivity index (χ1n) is 15.8. The second kappa shape index (κ2) is 12.9. The van der Waals surface area contributed by atoms with E-state index in [1.165, 1.54) is 25.0 Å². The maximum atomic E-state index is 14.7. The number of pyridine rings is 2. The highest BCUT2D eigenvalue weighted by molar-refractivity contribution is 5.97. The van der Waals surface area contributed by atoms with Crippen molar-refractivity contribution in [2.75, 3.05) is 58.7 Å². The number of anilines is 1. The Balaban J connectivity index is 1.19. The number of hydrogen-bond donors (Lipinski definition) is 3. The summed E-state index contributed by atoms with van der Waals surface area (Å²) in [7, 11) is 4.01. The Kier molecular flexibility index (Phi) is 8.33. The van der Waals surface area contributed by atoms with Crippen LogP contribution in [0.25, 0.3) is 56.0 Å². The predicted molar refractivity (Wildman–Crippen MR) is 181 cm³/mol. The number of imidazole rings is 1. The summed E-state index contributed by atoms with van der Waals surface area (Å²) < 4.78 is 20.9. The first-order chi connectivity index (χ1) is 22.4. The third kappa shape index (κ3) is 6.42. The minimum Gasteiger partial charge on any atom is -0.492 e. The zero-order chi connectivity index (χ0) is 31.6. The number of aromatic nitrogens is 6. The number of rotatable bonds is 11. The minimum atomic E-state index is -0.339. The SMILES string of the molecule is Cc1cc(OCCN2CCCC2)cc(-c2cc3c(-c4nc5c(-c6cc(F)cc(NCCN(C)C)c6)nccc5[nH]4)n[nH]c3cn2)c1. The lowest BCUT2D eigenvalue weighted by Crippen LogP contribution is -2.25. The van der Waals surface area contributed by atoms with Gasteiger partial charge >= 0.3 is 0 Å². The van der Waals surface area contributed by atoms with Gasteiger partial charge in [0, 0.05) is 48.0 Å². The van der Waals surface area contributed by atoms with Crippen molar-refractivity contribution >= 4 is 27.6 Å². The molecule has 11 heteroatoms. The minimum absolute atomic E-state index is 0.339. The Morgan fingerprint density at radius 1 is 0.978 bits per heavy atom. The molecule has 0 unspecified atom stereocenters. The fraction of sp³-hybridized carbons (Fsp3) is 0.314. The molecule has 0 aliphatic carbocycles. The first kappa shape index (κ1) is 29.8. The first-order valence-corrected chi connectivity index (χ1v) is 15.8. The van der Waals surface area contributed by atoms with Crippen molar-refractivity contribution in [1.82, 2.24) is 39.9 Å². The normalized spacial score (nSPS) is 13.8. The molecule has 0 atom stereocenters. The summed E-state index contributed by atoms with van der Waals surface area (Å²) >= 11 is 0. The van der Waals surface area contributed by atoms with E-state index in [4.69, 9.17) is 14.7 Å². The molecule has 0 bridgehead atoms. The van der Waals surface area contributed by atoms with Gasteiger partial charge in [0.15, 0.2) is 5.82 Å². The van der Waals surface area contributed by atoms with Crippen molar-refractivity contribution in [3.05, 3.63) is 72.3 Å². The molecule has 0 spiro atoms. The Morgan fingerprint density at radius 3 is 2.70 bits per heavy atom. The highest BCUT2D eigenvalue weighted by atomic mass is 19.1. The molecule has 6 aromatic rings. The molecule has 4 aromatic heterocycles. The summed E-state index contributed by atoms with van der Waals surface area (Å²) in [4.78, 5) is 22.2. The molecule has 1 saturated heterocycles. The van der Waals surface area contributed by atoms with Gasteiger partial charge in [0.2, 0.25) is 0 Å². The van der Waals surface area contributed by atoms with E-state index in [0.29, 0.717) is 47.1 Å². The number of hydrogen-bond acceptors (Lipinski definition) is 8. The van der Waals surface area contributed by atoms with Gasteiger partial charge < -0.3 is 19.9 Å². The summed E-state index contributed by atoms with van der Waals surface area (Å²) in [6, 6.07) is 15.0. The van der Waals surface area contributed by atoms with Crippen LogP contribution in [-0.2, 0) is 0 Å². The van der Waals surface area contributed by atoms with E-state index in [2.05, 4.69) is 54.3 Å². The number of benzene rings is 2. The van der Waals surface area contributed by atoms with E-state index < -0.39 is 0 Å². The topological polar surface area (TPSA) is 111 Å². The molecule has 1 aliphatic heterocycles. The van der Waals surface area contributed by atoms with Crippen LogP contribution in [-0.4, -0.2) is 93.4 Å². The van der Waals surface area contributed by atoms with Crippen LogP contribution in [0, 0.1) is 12.7 Å². The summed E-state index contributed by atoms with van der Waals surface area (Å²) in [5.41, 5.74) is 7.72. The number of ether oxygens (including phenoxy) is 1. The van der Waals surface area contributed by atoms with Gasteiger partial charge in [0.05, 0.1) is 28.6 Å². The molecule has 0 amide bonds. The number of nitrogens with zero attached hydrogens (tertiary/aromatic N) is 6. The maximum absolute atomic E-state index is 14.7. The summed E-state index contributed by atoms with van der Waals surface area (Å²) in [5.74, 6) is 1.09. The second-order valence-electron chi connectivity index (χ2n) is 12.2. The molecule has 1 aliphatic rings. The van der Waals surface area contributed by atoms with Crippen LogP contribution in [0.2, 0.25) is 0 Å². The number of likely N-dealkylation sites (N-methyl/N-ethyl adjacent to an activating group) is 1. The molecule has 236 valence electrons. The van der Waals surface area contributed by atoms with Gasteiger partial charge in [0.25, 0.3) is 0 Å². The molecule has 1 fully saturated rings. The third-order valence-corrected chi connectivity index (χ3v) is 8.35. The smallest absolute Gasteiger partial charge is 0.159 e. The Labute approximate surface area is 267 Å². The molecular weight excluding hydrogens is 581 g/mol. The summed E-state index contributed by atoms with van der Waals surface area (Å²) in [5, 5.41) is 11.9. The van der Waals surface area contributed by atoms with Gasteiger partial charge in [-0.25, -0.2) is 9.37 Å². The largest absolute Gasteiger partial charge is 0.492 e. The lowest BCUT2D eigenvalue weighted by molar-refractivity contribution is 0.238. The van der Waals surface area contributed by atoms with Crippen LogP contribution in [0.4, 0.5) is 10.1 Å². The molecule has 0 radical (unpaired) electrons. The van der Waals surface area contributed by atoms with Crippen molar-refractivity contribution in [3.63, 3.8) is 0 Å². The van der Waals surface area contributed by atoms with Crippen molar-refractivity contribution in [3.8, 4) is 39.8 Å². The Morgan fingerprint density at radius 2 is 1.85 bits per heavy atom. The zero-order valence-electron chi connectivity index (χ0n) is 26.4. The van der Waals surface area contributed by atoms with Gasteiger partial charge in [-0.15, -0.1) is 0 Å². The number of aromatic amines is 2. The van der Waals surface area contributed by atoms with Crippen molar-refractivity contribution in [2.45, 2.75) is 19.8 Å². The van der Waals surface area contributed by atoms with Crippen LogP contribution in [0.5, 0.6) is 5.75 Å². The van der Waals surface area contributed by atoms with Crippen molar-refractivity contribution < 1.29 is 9.13 Å². The number of aryl methyl sites for hydroxylation is 1. The standard InChI is InChI=1S/C35H38FN9O/c1-22-14-23(18-27(15-22)46-13-12-45-9-4-5-10-45)30-20-28-31(21-39-30)42-43-33(28)35-40-29-6-7-38-32(34(29)41-35)24-16-25(36)19-26(17-24)37-8-11-44(2)3/h6-7,14-21,37H,4-5,8-13H2,1-3H3,(H,40,41)(H,42,43). The summed E-state index contributed by atoms with van der Waals surface area (Å²) in [6.45, 7) is 7.50. The van der Waals surface area contributed by atoms with Gasteiger partial charge in [-0.3, -0.25) is 20.0 Å². The van der Waals surface area contributed by atoms with Crippen LogP contribution in [0.3, 0.4) is 0 Å². The average molecular weight is 620 g/mol. The lowest BCUT2D eigenvalue weighted by Gasteiger charge is -2.15. The van der Waals surface area contributed by atoms with E-state index in [1.807, 2.05) is 38.4 Å². The van der Waals surface area contributed by atoms with Crippen LogP contribution < -0.4 is 10.1 Å². The van der Waals surface area contributed by atoms with Crippen LogP contribution >= 0.6 is 0 Å². The van der Waals surface area contributed by atoms with E-state index in [9.17, 15) is 4.39 Å². The maximum Gasteiger partial charge on any atom is 0.159 e. The number of halogens is 1. The Bertz CT molecular complexity index is 1990. The van der Waals surface area contributed by atoms with Crippen LogP contribution in [0.1, 0.15) is 18.4 Å². The summed E-state index contributed by atoms with van der Waals surface area (Å²) in [6.07, 6.45) is 6.04. The van der Waals surface area contributed by atoms with Crippen LogP contribution in [0.15, 0.2) is 60.9 Å². The second-order valence-corrected chi connectivity index (χ2v) is 12.2. The quantitative estimate of drug-likeness (QED) is 0.159. The molecule has 2 aromatic carbocycles. The van der Waals surface area contributed by atoms with E-state index >= 15 is 0 Å². The predicted octanol–water partition coefficient (Wildman–Crippen LogP) is 6.13. The molecule has 7 rings (SSSR count). The van der Waals surface area contributed by atoms with E-state index in [0.717, 1.165) is 65.2 Å². The van der Waals surface area contributed by atoms with Gasteiger partial charge in [0.1, 0.15) is 29.4 Å². The zero-order valence-corrected chi connectivity index (χ0v) is 26.4. The lowest BCUT2D eigenvalue weighted by atomic mass is 10.1. The van der Waals surface area contributed by atoms with E-state index in [1.54, 1.807) is 12.4 Å². The average Bonchev–Trinajstić information content (AvgIpc) is 3.80. The molecule has 10 nitrogen and oxygen atoms in total. The number of fused-ring (bicyclic) bond motifs is 2. The molecule has 5 heterocycles. The monoisotopic (exact) mass is 619 g/mol. The molecule has 3 N–H and O–H groups in total. The highest BCUT2D eigenvalue weighted by Crippen LogP contribution is 2.33. The number of H-pyrrole nitrogens is 2. The fourth-order valence-electron chi connectivity index (χ4n) is 6.04. The third-order valence-electron chi connectivity index (χ3n) is 8.35. The molecule has 0 saturated carbocycles.